The van der Waals surface area contributed by atoms with Crippen LogP contribution in [0.15, 0.2) is 11.5 Å². The molecule has 4 N–H and O–H groups in total. The van der Waals surface area contributed by atoms with Crippen molar-refractivity contribution in [3.8, 4) is 0 Å². The minimum absolute atomic E-state index is 0. The number of esters is 1. The molecular formula is C24H44Na2O6. The van der Waals surface area contributed by atoms with Gasteiger partial charge in [0.25, 0.3) is 0 Å². The van der Waals surface area contributed by atoms with Gasteiger partial charge in [-0.2, -0.15) is 0 Å². The number of aliphatic hydroxyl groups excluding tert-OH is 4. The van der Waals surface area contributed by atoms with Crippen LogP contribution in [0.4, 0.5) is 0 Å². The van der Waals surface area contributed by atoms with E-state index >= 15 is 0 Å². The Balaban J connectivity index is 0. The van der Waals surface area contributed by atoms with Crippen LogP contribution < -0.4 is 0 Å². The van der Waals surface area contributed by atoms with Gasteiger partial charge in [-0.1, -0.05) is 97.3 Å². The largest absolute Gasteiger partial charge is 0.505 e. The van der Waals surface area contributed by atoms with E-state index in [0.29, 0.717) is 6.42 Å². The van der Waals surface area contributed by atoms with Gasteiger partial charge in [0.05, 0.1) is 6.61 Å². The number of unbranched alkanes of at least 4 members (excludes halogenated alkanes) is 12. The van der Waals surface area contributed by atoms with Gasteiger partial charge >= 0.3 is 5.97 Å². The van der Waals surface area contributed by atoms with Crippen molar-refractivity contribution in [2.75, 3.05) is 6.61 Å². The van der Waals surface area contributed by atoms with Crippen LogP contribution in [-0.4, -0.2) is 104 Å². The van der Waals surface area contributed by atoms with E-state index in [0.717, 1.165) is 25.2 Å². The zero-order valence-corrected chi connectivity index (χ0v) is 25.1. The van der Waals surface area contributed by atoms with Crippen LogP contribution in [0, 0.1) is 5.92 Å². The van der Waals surface area contributed by atoms with Crippen molar-refractivity contribution in [2.24, 2.45) is 5.92 Å². The van der Waals surface area contributed by atoms with Crippen molar-refractivity contribution in [3.63, 3.8) is 0 Å². The van der Waals surface area contributed by atoms with Crippen molar-refractivity contribution in [3.05, 3.63) is 11.5 Å². The van der Waals surface area contributed by atoms with E-state index in [1.807, 2.05) is 0 Å². The van der Waals surface area contributed by atoms with Crippen molar-refractivity contribution >= 4 is 65.1 Å². The van der Waals surface area contributed by atoms with Crippen LogP contribution in [0.25, 0.3) is 0 Å². The molecular weight excluding hydrogens is 430 g/mol. The Kier molecular flexibility index (Phi) is 21.8. The normalized spacial score (nSPS) is 19.0. The number of aliphatic hydroxyl groups is 4. The van der Waals surface area contributed by atoms with Gasteiger partial charge < -0.3 is 25.2 Å². The van der Waals surface area contributed by atoms with E-state index in [-0.39, 0.29) is 65.5 Å². The Labute approximate surface area is 239 Å². The molecule has 0 aliphatic carbocycles. The molecule has 0 unspecified atom stereocenters. The Morgan fingerprint density at radius 1 is 0.781 bits per heavy atom. The Bertz CT molecular complexity index is 527. The van der Waals surface area contributed by atoms with E-state index < -0.39 is 35.8 Å². The molecule has 0 bridgehead atoms. The summed E-state index contributed by atoms with van der Waals surface area (Å²) in [6.45, 7) is 3.92. The van der Waals surface area contributed by atoms with Crippen LogP contribution in [0.5, 0.6) is 0 Å². The van der Waals surface area contributed by atoms with Gasteiger partial charge in [0.15, 0.2) is 5.76 Å². The number of cyclic esters (lactones) is 1. The number of hydrogen-bond donors (Lipinski definition) is 4. The van der Waals surface area contributed by atoms with Crippen molar-refractivity contribution in [2.45, 2.75) is 122 Å². The molecule has 178 valence electrons. The van der Waals surface area contributed by atoms with E-state index in [9.17, 15) is 25.2 Å². The molecule has 0 amide bonds. The molecule has 0 aromatic heterocycles. The summed E-state index contributed by atoms with van der Waals surface area (Å²) in [5.41, 5.74) is -1.72. The second kappa shape index (κ2) is 20.0. The van der Waals surface area contributed by atoms with Gasteiger partial charge in [0, 0.05) is 59.1 Å². The number of ether oxygens (including phenoxy) is 1. The maximum absolute atomic E-state index is 11.5. The summed E-state index contributed by atoms with van der Waals surface area (Å²) in [6.07, 6.45) is 15.7. The van der Waals surface area contributed by atoms with Gasteiger partial charge in [0.2, 0.25) is 11.4 Å². The third-order valence-electron chi connectivity index (χ3n) is 6.13. The fourth-order valence-electron chi connectivity index (χ4n) is 4.15. The van der Waals surface area contributed by atoms with Gasteiger partial charge in [-0.05, 0) is 18.8 Å². The first kappa shape index (κ1) is 34.9. The Morgan fingerprint density at radius 3 is 1.53 bits per heavy atom. The summed E-state index contributed by atoms with van der Waals surface area (Å²) < 4.78 is 5.03. The molecule has 6 nitrogen and oxygen atoms in total. The van der Waals surface area contributed by atoms with E-state index in [1.165, 1.54) is 64.2 Å². The fourth-order valence-corrected chi connectivity index (χ4v) is 4.15. The van der Waals surface area contributed by atoms with Crippen LogP contribution in [0.2, 0.25) is 0 Å². The monoisotopic (exact) mass is 474 g/mol. The van der Waals surface area contributed by atoms with Gasteiger partial charge in [-0.25, -0.2) is 4.79 Å². The topological polar surface area (TPSA) is 107 Å². The maximum atomic E-state index is 11.5. The maximum Gasteiger partial charge on any atom is 0.378 e. The molecule has 8 heteroatoms. The first-order chi connectivity index (χ1) is 14.3. The second-order valence-electron chi connectivity index (χ2n) is 9.20. The summed E-state index contributed by atoms with van der Waals surface area (Å²) in [5.74, 6) is -1.78. The van der Waals surface area contributed by atoms with Gasteiger partial charge in [-0.15, -0.1) is 0 Å². The quantitative estimate of drug-likeness (QED) is 0.130. The molecule has 2 atom stereocenters. The van der Waals surface area contributed by atoms with E-state index in [4.69, 9.17) is 4.74 Å². The summed E-state index contributed by atoms with van der Waals surface area (Å²) in [4.78, 5) is 11.5. The van der Waals surface area contributed by atoms with Crippen LogP contribution >= 0.6 is 0 Å². The van der Waals surface area contributed by atoms with Crippen molar-refractivity contribution in [1.29, 1.82) is 0 Å². The minimum atomic E-state index is -1.72. The number of carbonyl (C=O) groups excluding carboxylic acids is 1. The summed E-state index contributed by atoms with van der Waals surface area (Å²) in [7, 11) is 0. The summed E-state index contributed by atoms with van der Waals surface area (Å²) in [6, 6.07) is 0. The van der Waals surface area contributed by atoms with Crippen LogP contribution in [0.3, 0.4) is 0 Å². The minimum Gasteiger partial charge on any atom is -0.505 e. The third kappa shape index (κ3) is 12.4. The zero-order chi connectivity index (χ0) is 22.4. The van der Waals surface area contributed by atoms with Crippen molar-refractivity contribution in [1.82, 2.24) is 0 Å². The Morgan fingerprint density at radius 2 is 1.19 bits per heavy atom. The van der Waals surface area contributed by atoms with Gasteiger partial charge in [0.1, 0.15) is 6.10 Å². The molecule has 32 heavy (non-hydrogen) atoms. The third-order valence-corrected chi connectivity index (χ3v) is 6.13. The standard InChI is InChI=1S/C24H44O6.2Na/c1-19(2)16-14-12-10-8-6-4-3-5-7-9-11-13-15-17-24(20(26)18-25)22(28)21(27)23(29)30-24;;/h19-20,25-28H,3-18H2,1-2H3;;/t20-,24+;;/m0../s1. The molecule has 0 saturated carbocycles. The molecule has 1 aliphatic heterocycles. The molecule has 1 heterocycles. The smallest absolute Gasteiger partial charge is 0.378 e. The van der Waals surface area contributed by atoms with E-state index in [1.54, 1.807) is 0 Å². The first-order valence-corrected chi connectivity index (χ1v) is 12.0. The van der Waals surface area contributed by atoms with Crippen LogP contribution in [-0.2, 0) is 9.53 Å². The zero-order valence-electron chi connectivity index (χ0n) is 21.1. The first-order valence-electron chi connectivity index (χ1n) is 12.0. The SMILES string of the molecule is CC(C)CCCCCCCCCCCCCCC[C@]1([C@@H](O)CO)OC(=O)C(O)=C1O.[Na].[Na]. The fraction of sp³-hybridized carbons (Fsp3) is 0.875. The summed E-state index contributed by atoms with van der Waals surface area (Å²) >= 11 is 0. The second-order valence-corrected chi connectivity index (χ2v) is 9.20. The molecule has 2 radical (unpaired) electrons. The molecule has 0 aromatic rings. The number of carbonyl (C=O) groups is 1. The molecule has 0 aromatic carbocycles. The number of rotatable bonds is 18. The molecule has 0 fully saturated rings. The molecule has 0 saturated heterocycles. The average molecular weight is 475 g/mol. The predicted octanol–water partition coefficient (Wildman–Crippen LogP) is 4.71. The van der Waals surface area contributed by atoms with E-state index in [2.05, 4.69) is 13.8 Å². The number of hydrogen-bond acceptors (Lipinski definition) is 6. The molecule has 0 spiro atoms. The molecule has 1 rings (SSSR count). The summed E-state index contributed by atoms with van der Waals surface area (Å²) in [5, 5.41) is 38.8. The van der Waals surface area contributed by atoms with Crippen molar-refractivity contribution < 1.29 is 30.0 Å². The average Bonchev–Trinajstić information content (AvgIpc) is 2.94. The van der Waals surface area contributed by atoms with Crippen LogP contribution in [0.1, 0.15) is 110 Å². The molecule has 1 aliphatic rings. The Hall–Kier alpha value is 0.730. The van der Waals surface area contributed by atoms with Gasteiger partial charge in [-0.3, -0.25) is 0 Å². The predicted molar refractivity (Wildman–Crippen MR) is 130 cm³/mol.